The predicted molar refractivity (Wildman–Crippen MR) is 61.3 cm³/mol. The van der Waals surface area contributed by atoms with Crippen molar-refractivity contribution < 1.29 is 0 Å². The van der Waals surface area contributed by atoms with E-state index in [1.807, 2.05) is 6.07 Å². The third-order valence-electron chi connectivity index (χ3n) is 2.62. The van der Waals surface area contributed by atoms with E-state index < -0.39 is 0 Å². The molecule has 82 valence electrons. The van der Waals surface area contributed by atoms with Gasteiger partial charge in [-0.3, -0.25) is 0 Å². The van der Waals surface area contributed by atoms with E-state index >= 15 is 0 Å². The molecule has 1 aromatic rings. The fraction of sp³-hybridized carbons (Fsp3) is 0.600. The molecule has 4 nitrogen and oxygen atoms in total. The van der Waals surface area contributed by atoms with Crippen molar-refractivity contribution in [3.8, 4) is 0 Å². The highest BCUT2D eigenvalue weighted by atomic mass is 35.5. The van der Waals surface area contributed by atoms with Crippen LogP contribution < -0.4 is 4.90 Å². The first kappa shape index (κ1) is 10.6. The number of nitrogens with zero attached hydrogens (tertiary/aromatic N) is 4. The lowest BCUT2D eigenvalue weighted by Crippen LogP contribution is -2.45. The van der Waals surface area contributed by atoms with Crippen LogP contribution in [0.4, 0.5) is 5.95 Å². The van der Waals surface area contributed by atoms with E-state index in [1.165, 1.54) is 0 Å². The molecule has 1 aliphatic rings. The molecular weight excluding hydrogens is 212 g/mol. The van der Waals surface area contributed by atoms with Gasteiger partial charge in [-0.25, -0.2) is 9.97 Å². The lowest BCUT2D eigenvalue weighted by atomic mass is 10.3. The number of alkyl halides is 1. The van der Waals surface area contributed by atoms with Crippen molar-refractivity contribution in [1.29, 1.82) is 0 Å². The molecule has 1 fully saturated rings. The van der Waals surface area contributed by atoms with Crippen molar-refractivity contribution >= 4 is 17.5 Å². The van der Waals surface area contributed by atoms with Crippen LogP contribution in [-0.4, -0.2) is 48.1 Å². The Bertz CT molecular complexity index is 323. The van der Waals surface area contributed by atoms with Gasteiger partial charge in [0.15, 0.2) is 0 Å². The average Bonchev–Trinajstić information content (AvgIpc) is 2.30. The molecule has 0 saturated carbocycles. The van der Waals surface area contributed by atoms with E-state index in [-0.39, 0.29) is 0 Å². The molecule has 0 bridgehead atoms. The van der Waals surface area contributed by atoms with Gasteiger partial charge in [0.05, 0.1) is 11.6 Å². The minimum atomic E-state index is 0.448. The molecule has 2 heterocycles. The lowest BCUT2D eigenvalue weighted by Gasteiger charge is -2.32. The normalized spacial score (nSPS) is 18.1. The maximum absolute atomic E-state index is 5.74. The minimum Gasteiger partial charge on any atom is -0.338 e. The first-order chi connectivity index (χ1) is 7.29. The van der Waals surface area contributed by atoms with Crippen LogP contribution >= 0.6 is 11.6 Å². The van der Waals surface area contributed by atoms with E-state index in [0.717, 1.165) is 37.8 Å². The number of anilines is 1. The molecule has 0 aromatic carbocycles. The fourth-order valence-corrected chi connectivity index (χ4v) is 1.77. The molecule has 0 atom stereocenters. The van der Waals surface area contributed by atoms with Crippen LogP contribution in [0.25, 0.3) is 0 Å². The largest absolute Gasteiger partial charge is 0.338 e. The number of rotatable bonds is 2. The Morgan fingerprint density at radius 3 is 2.73 bits per heavy atom. The van der Waals surface area contributed by atoms with Gasteiger partial charge >= 0.3 is 0 Å². The van der Waals surface area contributed by atoms with Gasteiger partial charge in [-0.15, -0.1) is 11.6 Å². The second kappa shape index (κ2) is 4.77. The Kier molecular flexibility index (Phi) is 3.38. The number of aromatic nitrogens is 2. The summed E-state index contributed by atoms with van der Waals surface area (Å²) >= 11 is 5.74. The SMILES string of the molecule is CN1CCN(c2nccc(CCl)n2)CC1. The highest BCUT2D eigenvalue weighted by molar-refractivity contribution is 6.16. The van der Waals surface area contributed by atoms with Gasteiger partial charge in [-0.05, 0) is 13.1 Å². The Labute approximate surface area is 94.9 Å². The second-order valence-corrected chi connectivity index (χ2v) is 4.04. The topological polar surface area (TPSA) is 32.3 Å². The van der Waals surface area contributed by atoms with Crippen molar-refractivity contribution in [2.75, 3.05) is 38.1 Å². The highest BCUT2D eigenvalue weighted by Gasteiger charge is 2.16. The standard InChI is InChI=1S/C10H15ClN4/c1-14-4-6-15(7-5-14)10-12-3-2-9(8-11)13-10/h2-3H,4-8H2,1H3. The molecule has 1 aromatic heterocycles. The molecule has 1 aliphatic heterocycles. The maximum Gasteiger partial charge on any atom is 0.225 e. The van der Waals surface area contributed by atoms with Crippen LogP contribution in [0, 0.1) is 0 Å². The number of hydrogen-bond acceptors (Lipinski definition) is 4. The molecule has 0 aliphatic carbocycles. The van der Waals surface area contributed by atoms with Crippen LogP contribution in [-0.2, 0) is 5.88 Å². The molecule has 0 N–H and O–H groups in total. The van der Waals surface area contributed by atoms with Crippen LogP contribution in [0.5, 0.6) is 0 Å². The average molecular weight is 227 g/mol. The monoisotopic (exact) mass is 226 g/mol. The number of likely N-dealkylation sites (N-methyl/N-ethyl adjacent to an activating group) is 1. The van der Waals surface area contributed by atoms with E-state index in [9.17, 15) is 0 Å². The number of hydrogen-bond donors (Lipinski definition) is 0. The molecule has 0 radical (unpaired) electrons. The molecule has 2 rings (SSSR count). The van der Waals surface area contributed by atoms with Gasteiger partial charge in [0.25, 0.3) is 0 Å². The molecule has 15 heavy (non-hydrogen) atoms. The molecule has 0 unspecified atom stereocenters. The Hall–Kier alpha value is -0.870. The van der Waals surface area contributed by atoms with E-state index in [2.05, 4.69) is 26.8 Å². The Balaban J connectivity index is 2.08. The fourth-order valence-electron chi connectivity index (χ4n) is 1.62. The summed E-state index contributed by atoms with van der Waals surface area (Å²) in [6, 6.07) is 1.85. The van der Waals surface area contributed by atoms with Gasteiger partial charge < -0.3 is 9.80 Å². The zero-order chi connectivity index (χ0) is 10.7. The Morgan fingerprint density at radius 2 is 2.07 bits per heavy atom. The van der Waals surface area contributed by atoms with Crippen molar-refractivity contribution in [2.45, 2.75) is 5.88 Å². The first-order valence-electron chi connectivity index (χ1n) is 5.11. The molecule has 1 saturated heterocycles. The summed E-state index contributed by atoms with van der Waals surface area (Å²) in [6.07, 6.45) is 1.78. The van der Waals surface area contributed by atoms with E-state index in [0.29, 0.717) is 5.88 Å². The van der Waals surface area contributed by atoms with Gasteiger partial charge in [0.2, 0.25) is 5.95 Å². The summed E-state index contributed by atoms with van der Waals surface area (Å²) in [5.41, 5.74) is 0.889. The second-order valence-electron chi connectivity index (χ2n) is 3.77. The van der Waals surface area contributed by atoms with Crippen LogP contribution in [0.3, 0.4) is 0 Å². The highest BCUT2D eigenvalue weighted by Crippen LogP contribution is 2.11. The van der Waals surface area contributed by atoms with Crippen molar-refractivity contribution in [1.82, 2.24) is 14.9 Å². The van der Waals surface area contributed by atoms with Crippen LogP contribution in [0.2, 0.25) is 0 Å². The third kappa shape index (κ3) is 2.58. The zero-order valence-corrected chi connectivity index (χ0v) is 9.61. The zero-order valence-electron chi connectivity index (χ0n) is 8.86. The smallest absolute Gasteiger partial charge is 0.225 e. The summed E-state index contributed by atoms with van der Waals surface area (Å²) in [6.45, 7) is 4.10. The predicted octanol–water partition coefficient (Wildman–Crippen LogP) is 0.967. The lowest BCUT2D eigenvalue weighted by molar-refractivity contribution is 0.311. The van der Waals surface area contributed by atoms with Crippen molar-refractivity contribution in [2.24, 2.45) is 0 Å². The summed E-state index contributed by atoms with van der Waals surface area (Å²) in [4.78, 5) is 13.2. The molecular formula is C10H15ClN4. The summed E-state index contributed by atoms with van der Waals surface area (Å²) in [5.74, 6) is 1.25. The van der Waals surface area contributed by atoms with E-state index in [1.54, 1.807) is 6.20 Å². The van der Waals surface area contributed by atoms with Gasteiger partial charge in [-0.2, -0.15) is 0 Å². The quantitative estimate of drug-likeness (QED) is 0.704. The van der Waals surface area contributed by atoms with Gasteiger partial charge in [-0.1, -0.05) is 0 Å². The van der Waals surface area contributed by atoms with Gasteiger partial charge in [0.1, 0.15) is 0 Å². The first-order valence-corrected chi connectivity index (χ1v) is 5.64. The van der Waals surface area contributed by atoms with Crippen LogP contribution in [0.1, 0.15) is 5.69 Å². The number of piperazine rings is 1. The minimum absolute atomic E-state index is 0.448. The van der Waals surface area contributed by atoms with Crippen LogP contribution in [0.15, 0.2) is 12.3 Å². The van der Waals surface area contributed by atoms with E-state index in [4.69, 9.17) is 11.6 Å². The summed E-state index contributed by atoms with van der Waals surface area (Å²) in [7, 11) is 2.13. The number of halogens is 1. The molecule has 0 spiro atoms. The van der Waals surface area contributed by atoms with Crippen molar-refractivity contribution in [3.63, 3.8) is 0 Å². The molecule has 0 amide bonds. The van der Waals surface area contributed by atoms with Gasteiger partial charge in [0, 0.05) is 32.4 Å². The summed E-state index contributed by atoms with van der Waals surface area (Å²) in [5, 5.41) is 0. The van der Waals surface area contributed by atoms with Crippen molar-refractivity contribution in [3.05, 3.63) is 18.0 Å². The molecule has 5 heteroatoms. The summed E-state index contributed by atoms with van der Waals surface area (Å²) < 4.78 is 0. The third-order valence-corrected chi connectivity index (χ3v) is 2.90. The Morgan fingerprint density at radius 1 is 1.33 bits per heavy atom. The maximum atomic E-state index is 5.74.